The molecule has 1 rings (SSSR count). The number of aryl methyl sites for hydroxylation is 2. The van der Waals surface area contributed by atoms with Crippen LogP contribution in [0.4, 0.5) is 0 Å². The standard InChI is InChI=1S/C8H13N2.W/c1-6(2)8-5-10(4)7(3)9-8;/h6H,1-4H3;/q-1;. The van der Waals surface area contributed by atoms with Gasteiger partial charge in [0.05, 0.1) is 0 Å². The number of imidazole rings is 1. The van der Waals surface area contributed by atoms with E-state index in [1.165, 1.54) is 0 Å². The van der Waals surface area contributed by atoms with E-state index in [1.54, 1.807) is 0 Å². The molecule has 2 nitrogen and oxygen atoms in total. The van der Waals surface area contributed by atoms with Gasteiger partial charge in [0.2, 0.25) is 0 Å². The molecule has 0 aliphatic rings. The van der Waals surface area contributed by atoms with E-state index >= 15 is 0 Å². The monoisotopic (exact) mass is 321 g/mol. The summed E-state index contributed by atoms with van der Waals surface area (Å²) in [6.45, 7) is 6.24. The van der Waals surface area contributed by atoms with Gasteiger partial charge in [0.15, 0.2) is 0 Å². The number of rotatable bonds is 1. The zero-order chi connectivity index (χ0) is 7.72. The predicted octanol–water partition coefficient (Wildman–Crippen LogP) is 1.65. The SMILES string of the molecule is Cc1nc(C(C)C)[c-]n1C.[W]. The van der Waals surface area contributed by atoms with Gasteiger partial charge >= 0.3 is 0 Å². The molecule has 0 aromatic carbocycles. The van der Waals surface area contributed by atoms with Crippen LogP contribution in [-0.2, 0) is 28.1 Å². The fraction of sp³-hybridized carbons (Fsp3) is 0.625. The molecule has 0 aliphatic carbocycles. The van der Waals surface area contributed by atoms with Crippen molar-refractivity contribution in [2.45, 2.75) is 26.7 Å². The molecule has 0 amide bonds. The van der Waals surface area contributed by atoms with Crippen molar-refractivity contribution in [1.29, 1.82) is 0 Å². The predicted molar refractivity (Wildman–Crippen MR) is 40.9 cm³/mol. The fourth-order valence-corrected chi connectivity index (χ4v) is 0.785. The van der Waals surface area contributed by atoms with Crippen molar-refractivity contribution in [2.24, 2.45) is 7.05 Å². The molecular formula is C8H13N2W-. The third kappa shape index (κ3) is 2.44. The van der Waals surface area contributed by atoms with Gasteiger partial charge in [-0.15, -0.1) is 6.20 Å². The molecule has 0 saturated heterocycles. The zero-order valence-electron chi connectivity index (χ0n) is 7.38. The largest absolute Gasteiger partial charge is 0.501 e. The topological polar surface area (TPSA) is 17.8 Å². The Hall–Kier alpha value is -0.102. The van der Waals surface area contributed by atoms with Gasteiger partial charge in [0.25, 0.3) is 0 Å². The van der Waals surface area contributed by atoms with Gasteiger partial charge < -0.3 is 9.55 Å². The summed E-state index contributed by atoms with van der Waals surface area (Å²) in [4.78, 5) is 4.32. The van der Waals surface area contributed by atoms with Crippen LogP contribution in [0.1, 0.15) is 31.3 Å². The average molecular weight is 321 g/mol. The minimum Gasteiger partial charge on any atom is -0.501 e. The molecule has 0 fully saturated rings. The van der Waals surface area contributed by atoms with Gasteiger partial charge in [0, 0.05) is 21.1 Å². The van der Waals surface area contributed by atoms with Crippen LogP contribution in [0.3, 0.4) is 0 Å². The maximum atomic E-state index is 4.32. The number of nitrogens with zero attached hydrogens (tertiary/aromatic N) is 2. The number of hydrogen-bond donors (Lipinski definition) is 0. The molecule has 1 aromatic heterocycles. The second-order valence-corrected chi connectivity index (χ2v) is 2.87. The Labute approximate surface area is 82.3 Å². The molecule has 11 heavy (non-hydrogen) atoms. The van der Waals surface area contributed by atoms with E-state index in [9.17, 15) is 0 Å². The van der Waals surface area contributed by atoms with Crippen molar-refractivity contribution in [3.05, 3.63) is 17.7 Å². The summed E-state index contributed by atoms with van der Waals surface area (Å²) in [6, 6.07) is 0. The maximum absolute atomic E-state index is 4.32. The van der Waals surface area contributed by atoms with E-state index in [2.05, 4.69) is 25.0 Å². The third-order valence-corrected chi connectivity index (χ3v) is 1.60. The first-order chi connectivity index (χ1) is 4.61. The van der Waals surface area contributed by atoms with Gasteiger partial charge in [-0.1, -0.05) is 26.5 Å². The Balaban J connectivity index is 0.000001000. The van der Waals surface area contributed by atoms with E-state index in [0.717, 1.165) is 11.5 Å². The second kappa shape index (κ2) is 4.06. The Kier molecular flexibility index (Phi) is 4.02. The molecule has 0 N–H and O–H groups in total. The van der Waals surface area contributed by atoms with Crippen molar-refractivity contribution in [1.82, 2.24) is 9.55 Å². The van der Waals surface area contributed by atoms with Gasteiger partial charge in [-0.3, -0.25) is 0 Å². The summed E-state index contributed by atoms with van der Waals surface area (Å²) in [5.41, 5.74) is 1.06. The molecule has 3 heteroatoms. The summed E-state index contributed by atoms with van der Waals surface area (Å²) in [6.07, 6.45) is 3.15. The summed E-state index contributed by atoms with van der Waals surface area (Å²) in [7, 11) is 1.97. The number of aromatic nitrogens is 2. The summed E-state index contributed by atoms with van der Waals surface area (Å²) >= 11 is 0. The third-order valence-electron chi connectivity index (χ3n) is 1.60. The van der Waals surface area contributed by atoms with Gasteiger partial charge in [-0.25, -0.2) is 0 Å². The van der Waals surface area contributed by atoms with Gasteiger partial charge in [0.1, 0.15) is 0 Å². The van der Waals surface area contributed by atoms with Crippen LogP contribution in [0.15, 0.2) is 0 Å². The van der Waals surface area contributed by atoms with Crippen LogP contribution in [0, 0.1) is 13.1 Å². The molecule has 0 atom stereocenters. The number of hydrogen-bond acceptors (Lipinski definition) is 1. The first kappa shape index (κ1) is 10.9. The summed E-state index contributed by atoms with van der Waals surface area (Å²) < 4.78 is 1.93. The van der Waals surface area contributed by atoms with Crippen molar-refractivity contribution < 1.29 is 21.1 Å². The van der Waals surface area contributed by atoms with Crippen molar-refractivity contribution in [3.63, 3.8) is 0 Å². The van der Waals surface area contributed by atoms with E-state index in [4.69, 9.17) is 0 Å². The molecule has 0 bridgehead atoms. The van der Waals surface area contributed by atoms with Gasteiger partial charge in [-0.05, 0) is 18.8 Å². The molecule has 0 aliphatic heterocycles. The minimum atomic E-state index is 0. The van der Waals surface area contributed by atoms with Crippen LogP contribution in [0.5, 0.6) is 0 Å². The van der Waals surface area contributed by atoms with Crippen molar-refractivity contribution in [2.75, 3.05) is 0 Å². The van der Waals surface area contributed by atoms with Crippen LogP contribution in [0.2, 0.25) is 0 Å². The minimum absolute atomic E-state index is 0. The fourth-order valence-electron chi connectivity index (χ4n) is 0.785. The molecule has 0 spiro atoms. The normalized spacial score (nSPS) is 9.91. The van der Waals surface area contributed by atoms with Crippen LogP contribution >= 0.6 is 0 Å². The van der Waals surface area contributed by atoms with Crippen LogP contribution < -0.4 is 0 Å². The van der Waals surface area contributed by atoms with Crippen LogP contribution in [0.25, 0.3) is 0 Å². The second-order valence-electron chi connectivity index (χ2n) is 2.87. The summed E-state index contributed by atoms with van der Waals surface area (Å²) in [5, 5.41) is 0. The zero-order valence-corrected chi connectivity index (χ0v) is 10.3. The van der Waals surface area contributed by atoms with E-state index < -0.39 is 0 Å². The molecule has 62 valence electrons. The Morgan fingerprint density at radius 1 is 1.45 bits per heavy atom. The molecular weight excluding hydrogens is 308 g/mol. The molecule has 0 saturated carbocycles. The van der Waals surface area contributed by atoms with E-state index in [-0.39, 0.29) is 21.1 Å². The Morgan fingerprint density at radius 2 is 2.00 bits per heavy atom. The quantitative estimate of drug-likeness (QED) is 0.719. The first-order valence-electron chi connectivity index (χ1n) is 3.54. The van der Waals surface area contributed by atoms with Crippen molar-refractivity contribution in [3.8, 4) is 0 Å². The molecule has 0 radical (unpaired) electrons. The Bertz CT molecular complexity index is 208. The maximum Gasteiger partial charge on any atom is 0 e. The molecule has 1 heterocycles. The molecule has 1 aromatic rings. The van der Waals surface area contributed by atoms with E-state index in [1.807, 2.05) is 18.5 Å². The van der Waals surface area contributed by atoms with Crippen LogP contribution in [-0.4, -0.2) is 9.55 Å². The van der Waals surface area contributed by atoms with E-state index in [0.29, 0.717) is 5.92 Å². The van der Waals surface area contributed by atoms with Gasteiger partial charge in [-0.2, -0.15) is 0 Å². The first-order valence-corrected chi connectivity index (χ1v) is 3.54. The average Bonchev–Trinajstić information content (AvgIpc) is 2.13. The smallest absolute Gasteiger partial charge is 0 e. The van der Waals surface area contributed by atoms with Crippen molar-refractivity contribution >= 4 is 0 Å². The Morgan fingerprint density at radius 3 is 2.18 bits per heavy atom. The summed E-state index contributed by atoms with van der Waals surface area (Å²) in [5.74, 6) is 1.52. The molecule has 0 unspecified atom stereocenters.